The summed E-state index contributed by atoms with van der Waals surface area (Å²) in [4.78, 5) is 0. The molecule has 0 fully saturated rings. The molecule has 0 aromatic heterocycles. The molecule has 0 aliphatic carbocycles. The van der Waals surface area contributed by atoms with E-state index in [1.807, 2.05) is 0 Å². The Kier molecular flexibility index (Phi) is 3.60. The zero-order valence-corrected chi connectivity index (χ0v) is 4.96. The summed E-state index contributed by atoms with van der Waals surface area (Å²) in [5.41, 5.74) is 0. The van der Waals surface area contributed by atoms with Crippen LogP contribution in [0.2, 0.25) is 0 Å². The summed E-state index contributed by atoms with van der Waals surface area (Å²) in [6, 6.07) is 0. The largest absolute Gasteiger partial charge is 0.389 e. The van der Waals surface area contributed by atoms with E-state index in [1.165, 1.54) is 0 Å². The lowest BCUT2D eigenvalue weighted by molar-refractivity contribution is -0.137. The third-order valence-electron chi connectivity index (χ3n) is 0.840. The van der Waals surface area contributed by atoms with Gasteiger partial charge in [-0.25, -0.2) is 8.78 Å². The molecular weight excluding hydrogens is 155 g/mol. The second kappa shape index (κ2) is 3.73. The second-order valence-corrected chi connectivity index (χ2v) is 1.80. The van der Waals surface area contributed by atoms with Gasteiger partial charge in [-0.3, -0.25) is 0 Å². The highest BCUT2D eigenvalue weighted by Gasteiger charge is 2.28. The van der Waals surface area contributed by atoms with Gasteiger partial charge in [-0.15, -0.1) is 0 Å². The molecule has 61 valence electrons. The summed E-state index contributed by atoms with van der Waals surface area (Å²) in [6.45, 7) is -0.383. The van der Waals surface area contributed by atoms with Crippen molar-refractivity contribution in [1.29, 1.82) is 0 Å². The zero-order chi connectivity index (χ0) is 8.20. The van der Waals surface area contributed by atoms with E-state index < -0.39 is 25.2 Å². The molecular formula is C5H6F5. The Bertz CT molecular complexity index is 86.5. The summed E-state index contributed by atoms with van der Waals surface area (Å²) in [5, 5.41) is 0. The van der Waals surface area contributed by atoms with E-state index in [0.29, 0.717) is 0 Å². The number of halogens is 5. The lowest BCUT2D eigenvalue weighted by atomic mass is 10.2. The fraction of sp³-hybridized carbons (Fsp3) is 0.800. The molecule has 0 rings (SSSR count). The van der Waals surface area contributed by atoms with Gasteiger partial charge in [-0.2, -0.15) is 13.2 Å². The molecule has 0 N–H and O–H groups in total. The van der Waals surface area contributed by atoms with Gasteiger partial charge in [0, 0.05) is 6.42 Å². The van der Waals surface area contributed by atoms with Crippen molar-refractivity contribution in [3.05, 3.63) is 6.67 Å². The van der Waals surface area contributed by atoms with Crippen molar-refractivity contribution in [1.82, 2.24) is 0 Å². The molecule has 1 radical (unpaired) electrons. The van der Waals surface area contributed by atoms with Crippen LogP contribution in [-0.4, -0.2) is 12.3 Å². The SMILES string of the molecule is F[CH]C(F)CCC(F)(F)F. The Balaban J connectivity index is 3.36. The molecule has 0 nitrogen and oxygen atoms in total. The maximum Gasteiger partial charge on any atom is 0.389 e. The van der Waals surface area contributed by atoms with Crippen LogP contribution in [0.1, 0.15) is 12.8 Å². The quantitative estimate of drug-likeness (QED) is 0.558. The Morgan fingerprint density at radius 2 is 1.80 bits per heavy atom. The van der Waals surface area contributed by atoms with E-state index >= 15 is 0 Å². The fourth-order valence-corrected chi connectivity index (χ4v) is 0.365. The van der Waals surface area contributed by atoms with Gasteiger partial charge in [0.25, 0.3) is 0 Å². The smallest absolute Gasteiger partial charge is 0.244 e. The van der Waals surface area contributed by atoms with E-state index in [-0.39, 0.29) is 6.67 Å². The molecule has 1 unspecified atom stereocenters. The van der Waals surface area contributed by atoms with Crippen molar-refractivity contribution < 1.29 is 22.0 Å². The Morgan fingerprint density at radius 1 is 1.30 bits per heavy atom. The molecule has 0 aliphatic rings. The first-order valence-corrected chi connectivity index (χ1v) is 2.60. The normalized spacial score (nSPS) is 15.3. The number of hydrogen-bond acceptors (Lipinski definition) is 0. The summed E-state index contributed by atoms with van der Waals surface area (Å²) in [5.74, 6) is 0. The topological polar surface area (TPSA) is 0 Å². The third-order valence-corrected chi connectivity index (χ3v) is 0.840. The molecule has 0 spiro atoms. The minimum absolute atomic E-state index is 0.383. The average molecular weight is 161 g/mol. The van der Waals surface area contributed by atoms with Crippen LogP contribution in [0.25, 0.3) is 0 Å². The van der Waals surface area contributed by atoms with Gasteiger partial charge >= 0.3 is 6.18 Å². The van der Waals surface area contributed by atoms with Crippen molar-refractivity contribution in [2.45, 2.75) is 25.2 Å². The molecule has 0 aromatic carbocycles. The van der Waals surface area contributed by atoms with Crippen LogP contribution in [0.5, 0.6) is 0 Å². The van der Waals surface area contributed by atoms with Gasteiger partial charge in [-0.1, -0.05) is 0 Å². The van der Waals surface area contributed by atoms with Gasteiger partial charge in [0.15, 0.2) is 6.67 Å². The van der Waals surface area contributed by atoms with Crippen LogP contribution in [0.3, 0.4) is 0 Å². The molecule has 0 saturated carbocycles. The van der Waals surface area contributed by atoms with Gasteiger partial charge in [0.2, 0.25) is 0 Å². The van der Waals surface area contributed by atoms with E-state index in [4.69, 9.17) is 0 Å². The fourth-order valence-electron chi connectivity index (χ4n) is 0.365. The summed E-state index contributed by atoms with van der Waals surface area (Å²) >= 11 is 0. The first kappa shape index (κ1) is 9.65. The standard InChI is InChI=1S/C5H6F5/c6-3-4(7)1-2-5(8,9)10/h3-4H,1-2H2. The highest BCUT2D eigenvalue weighted by molar-refractivity contribution is 4.66. The maximum absolute atomic E-state index is 11.7. The Labute approximate surface area is 55.0 Å². The van der Waals surface area contributed by atoms with Gasteiger partial charge in [0.1, 0.15) is 6.17 Å². The second-order valence-electron chi connectivity index (χ2n) is 1.80. The van der Waals surface area contributed by atoms with Crippen molar-refractivity contribution in [2.24, 2.45) is 0 Å². The van der Waals surface area contributed by atoms with Crippen LogP contribution < -0.4 is 0 Å². The van der Waals surface area contributed by atoms with Crippen molar-refractivity contribution >= 4 is 0 Å². The van der Waals surface area contributed by atoms with Crippen molar-refractivity contribution in [3.8, 4) is 0 Å². The van der Waals surface area contributed by atoms with Crippen LogP contribution in [0.4, 0.5) is 22.0 Å². The molecule has 0 bridgehead atoms. The third kappa shape index (κ3) is 5.78. The maximum atomic E-state index is 11.7. The van der Waals surface area contributed by atoms with E-state index in [9.17, 15) is 22.0 Å². The lowest BCUT2D eigenvalue weighted by Gasteiger charge is -2.05. The summed E-state index contributed by atoms with van der Waals surface area (Å²) < 4.78 is 56.6. The van der Waals surface area contributed by atoms with E-state index in [1.54, 1.807) is 0 Å². The number of hydrogen-bond donors (Lipinski definition) is 0. The Morgan fingerprint density at radius 3 is 2.10 bits per heavy atom. The minimum Gasteiger partial charge on any atom is -0.244 e. The highest BCUT2D eigenvalue weighted by Crippen LogP contribution is 2.23. The molecule has 10 heavy (non-hydrogen) atoms. The van der Waals surface area contributed by atoms with Crippen molar-refractivity contribution in [2.75, 3.05) is 0 Å². The first-order valence-electron chi connectivity index (χ1n) is 2.60. The van der Waals surface area contributed by atoms with Gasteiger partial charge < -0.3 is 0 Å². The van der Waals surface area contributed by atoms with Gasteiger partial charge in [0.05, 0.1) is 0 Å². The minimum atomic E-state index is -4.40. The number of rotatable bonds is 3. The summed E-state index contributed by atoms with van der Waals surface area (Å²) in [7, 11) is 0. The molecule has 0 heterocycles. The van der Waals surface area contributed by atoms with E-state index in [0.717, 1.165) is 0 Å². The van der Waals surface area contributed by atoms with Crippen LogP contribution in [-0.2, 0) is 0 Å². The predicted molar refractivity (Wildman–Crippen MR) is 25.6 cm³/mol. The molecule has 0 aromatic rings. The lowest BCUT2D eigenvalue weighted by Crippen LogP contribution is -2.10. The predicted octanol–water partition coefficient (Wildman–Crippen LogP) is 2.80. The van der Waals surface area contributed by atoms with Crippen LogP contribution in [0.15, 0.2) is 0 Å². The first-order chi connectivity index (χ1) is 4.45. The number of alkyl halides is 4. The molecule has 0 aliphatic heterocycles. The molecule has 5 heteroatoms. The average Bonchev–Trinajstić information content (AvgIpc) is 1.81. The van der Waals surface area contributed by atoms with Crippen LogP contribution >= 0.6 is 0 Å². The monoisotopic (exact) mass is 161 g/mol. The van der Waals surface area contributed by atoms with E-state index in [2.05, 4.69) is 0 Å². The zero-order valence-electron chi connectivity index (χ0n) is 4.96. The summed E-state index contributed by atoms with van der Waals surface area (Å²) in [6.07, 6.45) is -8.61. The Hall–Kier alpha value is -0.350. The van der Waals surface area contributed by atoms with Crippen molar-refractivity contribution in [3.63, 3.8) is 0 Å². The molecule has 0 saturated heterocycles. The molecule has 1 atom stereocenters. The molecule has 0 amide bonds. The highest BCUT2D eigenvalue weighted by atomic mass is 19.4. The van der Waals surface area contributed by atoms with Crippen LogP contribution in [0, 0.1) is 6.67 Å². The van der Waals surface area contributed by atoms with Gasteiger partial charge in [-0.05, 0) is 6.42 Å².